The van der Waals surface area contributed by atoms with Crippen molar-refractivity contribution in [3.05, 3.63) is 30.1 Å². The number of para-hydroxylation sites is 2. The second kappa shape index (κ2) is 5.11. The van der Waals surface area contributed by atoms with E-state index >= 15 is 0 Å². The lowest BCUT2D eigenvalue weighted by Gasteiger charge is -2.22. The standard InChI is InChI=1S/C14H17N3O2/c1-17-11-5-3-2-4-10(11)16-14(17)8-12(18)13-9-15-6-7-19-13/h2-5,13,15H,6-9H2,1H3. The lowest BCUT2D eigenvalue weighted by molar-refractivity contribution is -0.131. The summed E-state index contributed by atoms with van der Waals surface area (Å²) in [7, 11) is 1.94. The van der Waals surface area contributed by atoms with Crippen molar-refractivity contribution >= 4 is 16.8 Å². The number of hydrogen-bond donors (Lipinski definition) is 1. The Bertz CT molecular complexity index is 600. The molecule has 1 atom stereocenters. The Hall–Kier alpha value is -1.72. The fourth-order valence-electron chi connectivity index (χ4n) is 2.40. The van der Waals surface area contributed by atoms with E-state index in [2.05, 4.69) is 10.3 Å². The van der Waals surface area contributed by atoms with Crippen LogP contribution >= 0.6 is 0 Å². The van der Waals surface area contributed by atoms with Crippen LogP contribution in [0.1, 0.15) is 5.82 Å². The van der Waals surface area contributed by atoms with Gasteiger partial charge in [0, 0.05) is 20.1 Å². The molecule has 1 aromatic carbocycles. The average molecular weight is 259 g/mol. The molecule has 5 heteroatoms. The SMILES string of the molecule is Cn1c(CC(=O)C2CNCCO2)nc2ccccc21. The summed E-state index contributed by atoms with van der Waals surface area (Å²) in [5.41, 5.74) is 1.98. The van der Waals surface area contributed by atoms with Crippen molar-refractivity contribution in [1.82, 2.24) is 14.9 Å². The first-order valence-corrected chi connectivity index (χ1v) is 6.51. The Kier molecular flexibility index (Phi) is 3.31. The molecule has 2 heterocycles. The van der Waals surface area contributed by atoms with E-state index in [9.17, 15) is 4.79 Å². The van der Waals surface area contributed by atoms with E-state index in [1.54, 1.807) is 0 Å². The molecule has 0 spiro atoms. The third-order valence-electron chi connectivity index (χ3n) is 3.50. The summed E-state index contributed by atoms with van der Waals surface area (Å²) in [6, 6.07) is 7.90. The molecule has 100 valence electrons. The van der Waals surface area contributed by atoms with Crippen molar-refractivity contribution in [3.63, 3.8) is 0 Å². The lowest BCUT2D eigenvalue weighted by atomic mass is 10.1. The highest BCUT2D eigenvalue weighted by Gasteiger charge is 2.23. The van der Waals surface area contributed by atoms with E-state index in [0.29, 0.717) is 19.6 Å². The number of nitrogens with one attached hydrogen (secondary N) is 1. The Morgan fingerprint density at radius 3 is 3.11 bits per heavy atom. The maximum absolute atomic E-state index is 12.2. The van der Waals surface area contributed by atoms with E-state index < -0.39 is 0 Å². The highest BCUT2D eigenvalue weighted by molar-refractivity contribution is 5.86. The van der Waals surface area contributed by atoms with E-state index in [1.807, 2.05) is 35.9 Å². The van der Waals surface area contributed by atoms with Gasteiger partial charge in [-0.15, -0.1) is 0 Å². The number of benzene rings is 1. The minimum atomic E-state index is -0.339. The Labute approximate surface area is 111 Å². The van der Waals surface area contributed by atoms with Crippen LogP contribution < -0.4 is 5.32 Å². The van der Waals surface area contributed by atoms with Crippen molar-refractivity contribution in [1.29, 1.82) is 0 Å². The van der Waals surface area contributed by atoms with E-state index in [1.165, 1.54) is 0 Å². The number of ketones is 1. The van der Waals surface area contributed by atoms with Crippen molar-refractivity contribution < 1.29 is 9.53 Å². The minimum absolute atomic E-state index is 0.0885. The third-order valence-corrected chi connectivity index (χ3v) is 3.50. The van der Waals surface area contributed by atoms with Gasteiger partial charge in [-0.2, -0.15) is 0 Å². The predicted octanol–water partition coefficient (Wildman–Crippen LogP) is 0.673. The number of nitrogens with zero attached hydrogens (tertiary/aromatic N) is 2. The Morgan fingerprint density at radius 1 is 1.53 bits per heavy atom. The van der Waals surface area contributed by atoms with Crippen LogP contribution in [0.15, 0.2) is 24.3 Å². The summed E-state index contributed by atoms with van der Waals surface area (Å²) >= 11 is 0. The molecule has 0 aliphatic carbocycles. The van der Waals surface area contributed by atoms with Crippen LogP contribution in [-0.2, 0) is 23.0 Å². The number of imidazole rings is 1. The number of carbonyl (C=O) groups excluding carboxylic acids is 1. The van der Waals surface area contributed by atoms with Gasteiger partial charge in [0.25, 0.3) is 0 Å². The fraction of sp³-hybridized carbons (Fsp3) is 0.429. The van der Waals surface area contributed by atoms with Crippen molar-refractivity contribution in [3.8, 4) is 0 Å². The van der Waals surface area contributed by atoms with Gasteiger partial charge in [-0.3, -0.25) is 4.79 Å². The number of rotatable bonds is 3. The van der Waals surface area contributed by atoms with Crippen LogP contribution in [0.5, 0.6) is 0 Å². The zero-order valence-corrected chi connectivity index (χ0v) is 10.9. The second-order valence-corrected chi connectivity index (χ2v) is 4.78. The lowest BCUT2D eigenvalue weighted by Crippen LogP contribution is -2.43. The number of aryl methyl sites for hydroxylation is 1. The molecule has 5 nitrogen and oxygen atoms in total. The van der Waals surface area contributed by atoms with Gasteiger partial charge in [0.2, 0.25) is 0 Å². The van der Waals surface area contributed by atoms with Crippen molar-refractivity contribution in [2.45, 2.75) is 12.5 Å². The molecule has 1 aliphatic rings. The topological polar surface area (TPSA) is 56.2 Å². The van der Waals surface area contributed by atoms with Crippen LogP contribution in [-0.4, -0.2) is 41.1 Å². The minimum Gasteiger partial charge on any atom is -0.368 e. The molecule has 0 bridgehead atoms. The smallest absolute Gasteiger partial charge is 0.170 e. The molecule has 0 amide bonds. The summed E-state index contributed by atoms with van der Waals surface area (Å²) in [5.74, 6) is 0.881. The molecule has 1 unspecified atom stereocenters. The summed E-state index contributed by atoms with van der Waals surface area (Å²) in [6.07, 6.45) is -0.0223. The van der Waals surface area contributed by atoms with Gasteiger partial charge >= 0.3 is 0 Å². The number of aromatic nitrogens is 2. The molecule has 1 aliphatic heterocycles. The number of morpholine rings is 1. The molecule has 1 saturated heterocycles. The quantitative estimate of drug-likeness (QED) is 0.880. The fourth-order valence-corrected chi connectivity index (χ4v) is 2.40. The zero-order valence-electron chi connectivity index (χ0n) is 10.9. The average Bonchev–Trinajstić information content (AvgIpc) is 2.77. The molecule has 0 saturated carbocycles. The van der Waals surface area contributed by atoms with E-state index in [4.69, 9.17) is 4.74 Å². The van der Waals surface area contributed by atoms with E-state index in [-0.39, 0.29) is 11.9 Å². The highest BCUT2D eigenvalue weighted by Crippen LogP contribution is 2.15. The molecule has 1 fully saturated rings. The van der Waals surface area contributed by atoms with Crippen LogP contribution in [0, 0.1) is 0 Å². The van der Waals surface area contributed by atoms with Crippen molar-refractivity contribution in [2.75, 3.05) is 19.7 Å². The second-order valence-electron chi connectivity index (χ2n) is 4.78. The Balaban J connectivity index is 1.81. The van der Waals surface area contributed by atoms with Gasteiger partial charge in [0.15, 0.2) is 5.78 Å². The first-order chi connectivity index (χ1) is 9.25. The maximum Gasteiger partial charge on any atom is 0.170 e. The molecule has 3 rings (SSSR count). The van der Waals surface area contributed by atoms with Gasteiger partial charge in [-0.05, 0) is 12.1 Å². The van der Waals surface area contributed by atoms with Gasteiger partial charge in [0.1, 0.15) is 11.9 Å². The molecule has 0 radical (unpaired) electrons. The van der Waals surface area contributed by atoms with Crippen molar-refractivity contribution in [2.24, 2.45) is 7.05 Å². The summed E-state index contributed by atoms with van der Waals surface area (Å²) < 4.78 is 7.45. The van der Waals surface area contributed by atoms with Gasteiger partial charge in [0.05, 0.1) is 24.1 Å². The molecule has 1 aromatic heterocycles. The molecule has 1 N–H and O–H groups in total. The molecular formula is C14H17N3O2. The molecule has 2 aromatic rings. The van der Waals surface area contributed by atoms with Crippen LogP contribution in [0.4, 0.5) is 0 Å². The highest BCUT2D eigenvalue weighted by atomic mass is 16.5. The number of carbonyl (C=O) groups is 1. The maximum atomic E-state index is 12.2. The monoisotopic (exact) mass is 259 g/mol. The van der Waals surface area contributed by atoms with Crippen LogP contribution in [0.2, 0.25) is 0 Å². The number of ether oxygens (including phenoxy) is 1. The van der Waals surface area contributed by atoms with Gasteiger partial charge in [-0.1, -0.05) is 12.1 Å². The van der Waals surface area contributed by atoms with E-state index in [0.717, 1.165) is 23.4 Å². The van der Waals surface area contributed by atoms with Gasteiger partial charge in [-0.25, -0.2) is 4.98 Å². The first kappa shape index (κ1) is 12.3. The summed E-state index contributed by atoms with van der Waals surface area (Å²) in [6.45, 7) is 2.01. The number of hydrogen-bond acceptors (Lipinski definition) is 4. The summed E-state index contributed by atoms with van der Waals surface area (Å²) in [5, 5.41) is 3.17. The first-order valence-electron chi connectivity index (χ1n) is 6.51. The summed E-state index contributed by atoms with van der Waals surface area (Å²) in [4.78, 5) is 16.7. The Morgan fingerprint density at radius 2 is 2.37 bits per heavy atom. The number of Topliss-reactive ketones (excluding diaryl/α,β-unsaturated/α-hetero) is 1. The van der Waals surface area contributed by atoms with Crippen LogP contribution in [0.25, 0.3) is 11.0 Å². The molecule has 19 heavy (non-hydrogen) atoms. The molecular weight excluding hydrogens is 242 g/mol. The van der Waals surface area contributed by atoms with Crippen LogP contribution in [0.3, 0.4) is 0 Å². The zero-order chi connectivity index (χ0) is 13.2. The normalized spacial score (nSPS) is 19.7. The van der Waals surface area contributed by atoms with Gasteiger partial charge < -0.3 is 14.6 Å². The largest absolute Gasteiger partial charge is 0.368 e. The predicted molar refractivity (Wildman–Crippen MR) is 72.0 cm³/mol. The number of fused-ring (bicyclic) bond motifs is 1. The third kappa shape index (κ3) is 2.39.